The highest BCUT2D eigenvalue weighted by molar-refractivity contribution is 6.01. The van der Waals surface area contributed by atoms with Crippen LogP contribution in [0.5, 0.6) is 0 Å². The van der Waals surface area contributed by atoms with Crippen molar-refractivity contribution in [2.75, 3.05) is 0 Å². The number of amides is 1. The molecule has 5 aliphatic carbocycles. The molecule has 57 heavy (non-hydrogen) atoms. The monoisotopic (exact) mass is 785 g/mol. The van der Waals surface area contributed by atoms with Gasteiger partial charge < -0.3 is 14.8 Å². The number of Topliss-reactive ketones (excluding diaryl/α,β-unsaturated/α-hetero) is 1. The maximum Gasteiger partial charge on any atom is 0.312 e. The zero-order valence-corrected chi connectivity index (χ0v) is 37.4. The average molecular weight is 785 g/mol. The van der Waals surface area contributed by atoms with Crippen LogP contribution >= 0.6 is 0 Å². The van der Waals surface area contributed by atoms with Crippen LogP contribution in [0.2, 0.25) is 0 Å². The molecule has 6 rings (SSSR count). The lowest BCUT2D eigenvalue weighted by atomic mass is 9.33. The first kappa shape index (κ1) is 43.3. The molecule has 8 heteroatoms. The second-order valence-electron chi connectivity index (χ2n) is 22.1. The van der Waals surface area contributed by atoms with E-state index in [9.17, 15) is 19.2 Å². The van der Waals surface area contributed by atoms with E-state index in [0.29, 0.717) is 18.3 Å². The molecular weight excluding hydrogens is 713 g/mol. The van der Waals surface area contributed by atoms with Crippen LogP contribution in [0.3, 0.4) is 0 Å². The first-order chi connectivity index (χ1) is 26.3. The van der Waals surface area contributed by atoms with Gasteiger partial charge in [-0.3, -0.25) is 24.2 Å². The number of allylic oxidation sites excluding steroid dienone is 3. The van der Waals surface area contributed by atoms with E-state index in [4.69, 9.17) is 9.47 Å². The number of nitrogens with one attached hydrogen (secondary N) is 1. The number of rotatable bonds is 9. The average Bonchev–Trinajstić information content (AvgIpc) is 3.40. The molecule has 0 saturated heterocycles. The third-order valence-electron chi connectivity index (χ3n) is 16.3. The Labute approximate surface area is 343 Å². The first-order valence-corrected chi connectivity index (χ1v) is 21.9. The van der Waals surface area contributed by atoms with Gasteiger partial charge >= 0.3 is 11.9 Å². The molecule has 5 aliphatic rings. The maximum atomic E-state index is 14.1. The van der Waals surface area contributed by atoms with E-state index in [-0.39, 0.29) is 75.7 Å². The van der Waals surface area contributed by atoms with Gasteiger partial charge in [-0.15, -0.1) is 0 Å². The normalized spacial score (nSPS) is 35.5. The number of pyridine rings is 1. The van der Waals surface area contributed by atoms with Crippen LogP contribution in [0.15, 0.2) is 47.7 Å². The Bertz CT molecular complexity index is 1820. The van der Waals surface area contributed by atoms with Crippen LogP contribution < -0.4 is 5.32 Å². The standard InChI is InChI=1S/C49H72N2O6/c1-30(2)40-34(52)28-49(24-21-38(53)51-31(3)33-16-14-15-27-50-33)26-25-47(12)32(41(40)49)17-18-36-46(11)22-20-37(45(9,10)35(46)19-23-48(36,47)13)56-39(54)29-44(7,8)42(55)57-43(4,5)6/h14-16,21,24,27,30-32,35-37H,17-20,22-23,25-26,28-29H2,1-13H3,(H,51,53)/b24-21+/t31-,32+,35-,36+,37-,46-,47+,48+,49-/m0/s1. The summed E-state index contributed by atoms with van der Waals surface area (Å²) in [4.78, 5) is 58.4. The molecule has 9 atom stereocenters. The third kappa shape index (κ3) is 7.47. The fourth-order valence-electron chi connectivity index (χ4n) is 13.3. The lowest BCUT2D eigenvalue weighted by molar-refractivity contribution is -0.232. The van der Waals surface area contributed by atoms with E-state index in [0.717, 1.165) is 62.6 Å². The second kappa shape index (κ2) is 14.8. The van der Waals surface area contributed by atoms with Crippen LogP contribution in [-0.4, -0.2) is 40.3 Å². The fraction of sp³-hybridized carbons (Fsp3) is 0.735. The van der Waals surface area contributed by atoms with Gasteiger partial charge in [0.05, 0.1) is 23.6 Å². The van der Waals surface area contributed by atoms with Crippen molar-refractivity contribution in [3.05, 3.63) is 53.4 Å². The number of esters is 2. The highest BCUT2D eigenvalue weighted by Crippen LogP contribution is 2.77. The summed E-state index contributed by atoms with van der Waals surface area (Å²) in [6.07, 6.45) is 13.7. The van der Waals surface area contributed by atoms with E-state index in [2.05, 4.69) is 64.8 Å². The number of fused-ring (bicyclic) bond motifs is 7. The summed E-state index contributed by atoms with van der Waals surface area (Å²) in [5.41, 5.74) is 1.01. The van der Waals surface area contributed by atoms with E-state index >= 15 is 0 Å². The summed E-state index contributed by atoms with van der Waals surface area (Å²) in [7, 11) is 0. The zero-order chi connectivity index (χ0) is 42.1. The summed E-state index contributed by atoms with van der Waals surface area (Å²) >= 11 is 0. The minimum Gasteiger partial charge on any atom is -0.462 e. The predicted molar refractivity (Wildman–Crippen MR) is 223 cm³/mol. The van der Waals surface area contributed by atoms with Crippen LogP contribution in [0, 0.1) is 56.2 Å². The molecule has 8 nitrogen and oxygen atoms in total. The molecule has 0 unspecified atom stereocenters. The maximum absolute atomic E-state index is 14.1. The Hall–Kier alpha value is -3.29. The van der Waals surface area contributed by atoms with Crippen molar-refractivity contribution in [3.63, 3.8) is 0 Å². The lowest BCUT2D eigenvalue weighted by Crippen LogP contribution is -2.65. The number of ether oxygens (including phenoxy) is 2. The van der Waals surface area contributed by atoms with Gasteiger partial charge in [-0.05, 0) is 162 Å². The molecule has 0 spiro atoms. The summed E-state index contributed by atoms with van der Waals surface area (Å²) in [5.74, 6) is 0.650. The van der Waals surface area contributed by atoms with Gasteiger partial charge in [0, 0.05) is 23.4 Å². The van der Waals surface area contributed by atoms with E-state index < -0.39 is 16.4 Å². The largest absolute Gasteiger partial charge is 0.462 e. The first-order valence-electron chi connectivity index (χ1n) is 21.9. The van der Waals surface area contributed by atoms with Crippen LogP contribution in [-0.2, 0) is 28.7 Å². The van der Waals surface area contributed by atoms with Gasteiger partial charge in [-0.2, -0.15) is 0 Å². The van der Waals surface area contributed by atoms with Gasteiger partial charge in [0.2, 0.25) is 5.91 Å². The van der Waals surface area contributed by atoms with Gasteiger partial charge in [0.1, 0.15) is 11.7 Å². The number of nitrogens with zero attached hydrogens (tertiary/aromatic N) is 1. The molecule has 1 heterocycles. The fourth-order valence-corrected chi connectivity index (χ4v) is 13.3. The summed E-state index contributed by atoms with van der Waals surface area (Å²) < 4.78 is 12.0. The van der Waals surface area contributed by atoms with Crippen molar-refractivity contribution < 1.29 is 28.7 Å². The van der Waals surface area contributed by atoms with Crippen molar-refractivity contribution in [1.29, 1.82) is 0 Å². The van der Waals surface area contributed by atoms with Gasteiger partial charge in [-0.25, -0.2) is 0 Å². The Morgan fingerprint density at radius 1 is 0.895 bits per heavy atom. The summed E-state index contributed by atoms with van der Waals surface area (Å²) in [6, 6.07) is 5.50. The lowest BCUT2D eigenvalue weighted by Gasteiger charge is -2.72. The molecule has 1 N–H and O–H groups in total. The minimum atomic E-state index is -0.980. The second-order valence-corrected chi connectivity index (χ2v) is 22.1. The van der Waals surface area contributed by atoms with Crippen molar-refractivity contribution in [2.45, 2.75) is 172 Å². The molecule has 4 fully saturated rings. The Morgan fingerprint density at radius 3 is 2.23 bits per heavy atom. The molecule has 1 aromatic heterocycles. The molecule has 314 valence electrons. The number of carbonyl (C=O) groups excluding carboxylic acids is 4. The molecule has 0 radical (unpaired) electrons. The van der Waals surface area contributed by atoms with Crippen molar-refractivity contribution in [1.82, 2.24) is 10.3 Å². The third-order valence-corrected chi connectivity index (χ3v) is 16.3. The number of hydrogen-bond donors (Lipinski definition) is 1. The molecule has 0 bridgehead atoms. The smallest absolute Gasteiger partial charge is 0.312 e. The minimum absolute atomic E-state index is 0.00220. The van der Waals surface area contributed by atoms with Crippen LogP contribution in [0.1, 0.15) is 166 Å². The van der Waals surface area contributed by atoms with Gasteiger partial charge in [0.15, 0.2) is 5.78 Å². The summed E-state index contributed by atoms with van der Waals surface area (Å²) in [6.45, 7) is 27.6. The number of ketones is 1. The highest BCUT2D eigenvalue weighted by atomic mass is 16.6. The topological polar surface area (TPSA) is 112 Å². The number of hydrogen-bond acceptors (Lipinski definition) is 7. The quantitative estimate of drug-likeness (QED) is 0.196. The molecular formula is C49H72N2O6. The molecule has 0 aliphatic heterocycles. The Kier molecular flexibility index (Phi) is 11.2. The van der Waals surface area contributed by atoms with Crippen molar-refractivity contribution >= 4 is 23.6 Å². The predicted octanol–water partition coefficient (Wildman–Crippen LogP) is 10.5. The van der Waals surface area contributed by atoms with Gasteiger partial charge in [-0.1, -0.05) is 60.6 Å². The zero-order valence-electron chi connectivity index (χ0n) is 37.4. The van der Waals surface area contributed by atoms with E-state index in [1.54, 1.807) is 26.1 Å². The number of aromatic nitrogens is 1. The number of carbonyl (C=O) groups is 4. The van der Waals surface area contributed by atoms with E-state index in [1.807, 2.05) is 45.9 Å². The Balaban J connectivity index is 1.23. The molecule has 1 aromatic rings. The van der Waals surface area contributed by atoms with Crippen LogP contribution in [0.4, 0.5) is 0 Å². The SMILES string of the molecule is CC(C)C1=C2[C@H]3CC[C@@H]4[C@@]5(C)CC[C@H](OC(=O)CC(C)(C)C(=O)OC(C)(C)C)C(C)(C)[C@@H]5CC[C@@]4(C)[C@]3(C)CC[C@@]2(/C=C/C(=O)N[C@@H](C)c2ccccn2)CC1=O. The van der Waals surface area contributed by atoms with Crippen molar-refractivity contribution in [3.8, 4) is 0 Å². The molecule has 4 saturated carbocycles. The summed E-state index contributed by atoms with van der Waals surface area (Å²) in [5, 5.41) is 3.10. The van der Waals surface area contributed by atoms with E-state index in [1.165, 1.54) is 5.57 Å². The molecule has 0 aromatic carbocycles. The Morgan fingerprint density at radius 2 is 1.60 bits per heavy atom. The van der Waals surface area contributed by atoms with Crippen LogP contribution in [0.25, 0.3) is 0 Å². The van der Waals surface area contributed by atoms with Crippen molar-refractivity contribution in [2.24, 2.45) is 56.2 Å². The molecule has 1 amide bonds. The van der Waals surface area contributed by atoms with Gasteiger partial charge in [0.25, 0.3) is 0 Å². The highest BCUT2D eigenvalue weighted by Gasteiger charge is 2.70.